The van der Waals surface area contributed by atoms with Crippen LogP contribution in [0.5, 0.6) is 17.6 Å². The van der Waals surface area contributed by atoms with Crippen LogP contribution in [0.1, 0.15) is 18.9 Å². The molecule has 12 heteroatoms. The van der Waals surface area contributed by atoms with Crippen molar-refractivity contribution in [3.63, 3.8) is 0 Å². The molecule has 34 heavy (non-hydrogen) atoms. The van der Waals surface area contributed by atoms with Crippen molar-refractivity contribution in [1.29, 1.82) is 0 Å². The number of carboxylic acid groups (broad SMARTS) is 1. The first kappa shape index (κ1) is 23.5. The van der Waals surface area contributed by atoms with Crippen LogP contribution in [0.3, 0.4) is 0 Å². The second kappa shape index (κ2) is 9.31. The van der Waals surface area contributed by atoms with Crippen molar-refractivity contribution in [1.82, 2.24) is 13.9 Å². The summed E-state index contributed by atoms with van der Waals surface area (Å²) >= 11 is 0.954. The first-order valence-electron chi connectivity index (χ1n) is 10.2. The van der Waals surface area contributed by atoms with E-state index in [0.29, 0.717) is 33.7 Å². The molecular formula is C22H21N3O7S2. The SMILES string of the molecule is CCOc1ccc2c(c1)c(CCC(=O)O)cn2S(=O)(=O)c1ccc(-c2cnc(OC)nc2O)s1. The Bertz CT molecular complexity index is 1480. The van der Waals surface area contributed by atoms with Crippen molar-refractivity contribution in [2.75, 3.05) is 13.7 Å². The lowest BCUT2D eigenvalue weighted by atomic mass is 10.1. The van der Waals surface area contributed by atoms with Crippen LogP contribution in [0.15, 0.2) is 46.9 Å². The molecule has 178 valence electrons. The highest BCUT2D eigenvalue weighted by Crippen LogP contribution is 2.37. The fourth-order valence-corrected chi connectivity index (χ4v) is 6.26. The van der Waals surface area contributed by atoms with Gasteiger partial charge in [-0.1, -0.05) is 0 Å². The smallest absolute Gasteiger partial charge is 0.319 e. The molecule has 0 saturated heterocycles. The zero-order valence-electron chi connectivity index (χ0n) is 18.3. The number of methoxy groups -OCH3 is 1. The Balaban J connectivity index is 1.78. The summed E-state index contributed by atoms with van der Waals surface area (Å²) in [5.41, 5.74) is 1.27. The maximum absolute atomic E-state index is 13.6. The molecule has 4 aromatic rings. The Morgan fingerprint density at radius 2 is 2.03 bits per heavy atom. The third-order valence-corrected chi connectivity index (χ3v) is 8.29. The van der Waals surface area contributed by atoms with E-state index in [0.717, 1.165) is 15.3 Å². The molecular weight excluding hydrogens is 482 g/mol. The minimum Gasteiger partial charge on any atom is -0.494 e. The van der Waals surface area contributed by atoms with Crippen LogP contribution in [0.25, 0.3) is 21.3 Å². The Morgan fingerprint density at radius 1 is 1.24 bits per heavy atom. The number of carboxylic acids is 1. The lowest BCUT2D eigenvalue weighted by molar-refractivity contribution is -0.136. The first-order chi connectivity index (χ1) is 16.2. The Labute approximate surface area is 199 Å². The van der Waals surface area contributed by atoms with Crippen LogP contribution in [0.2, 0.25) is 0 Å². The molecule has 2 N–H and O–H groups in total. The first-order valence-corrected chi connectivity index (χ1v) is 12.4. The van der Waals surface area contributed by atoms with Gasteiger partial charge in [0.2, 0.25) is 5.88 Å². The van der Waals surface area contributed by atoms with E-state index in [9.17, 15) is 18.3 Å². The van der Waals surface area contributed by atoms with Crippen molar-refractivity contribution in [3.05, 3.63) is 48.3 Å². The van der Waals surface area contributed by atoms with Gasteiger partial charge < -0.3 is 19.7 Å². The van der Waals surface area contributed by atoms with E-state index in [4.69, 9.17) is 14.6 Å². The lowest BCUT2D eigenvalue weighted by Gasteiger charge is -2.07. The largest absolute Gasteiger partial charge is 0.494 e. The summed E-state index contributed by atoms with van der Waals surface area (Å²) in [6, 6.07) is 8.02. The quantitative estimate of drug-likeness (QED) is 0.351. The van der Waals surface area contributed by atoms with E-state index in [-0.39, 0.29) is 34.5 Å². The maximum Gasteiger partial charge on any atom is 0.319 e. The summed E-state index contributed by atoms with van der Waals surface area (Å²) < 4.78 is 38.7. The molecule has 3 heterocycles. The van der Waals surface area contributed by atoms with Gasteiger partial charge in [0.05, 0.1) is 24.8 Å². The predicted octanol–water partition coefficient (Wildman–Crippen LogP) is 3.53. The van der Waals surface area contributed by atoms with Crippen molar-refractivity contribution in [3.8, 4) is 28.1 Å². The molecule has 0 spiro atoms. The van der Waals surface area contributed by atoms with Gasteiger partial charge in [0, 0.05) is 29.1 Å². The summed E-state index contributed by atoms with van der Waals surface area (Å²) in [6.45, 7) is 2.28. The second-order valence-electron chi connectivity index (χ2n) is 7.17. The fourth-order valence-electron chi connectivity index (χ4n) is 3.47. The Hall–Kier alpha value is -3.64. The Kier molecular flexibility index (Phi) is 6.44. The van der Waals surface area contributed by atoms with E-state index < -0.39 is 16.0 Å². The Morgan fingerprint density at radius 3 is 2.71 bits per heavy atom. The molecule has 0 atom stereocenters. The van der Waals surface area contributed by atoms with Crippen molar-refractivity contribution in [2.24, 2.45) is 0 Å². The highest BCUT2D eigenvalue weighted by atomic mass is 32.2. The number of thiophene rings is 1. The average molecular weight is 504 g/mol. The molecule has 0 aliphatic rings. The zero-order valence-corrected chi connectivity index (χ0v) is 19.9. The predicted molar refractivity (Wildman–Crippen MR) is 125 cm³/mol. The van der Waals surface area contributed by atoms with Crippen LogP contribution in [-0.4, -0.2) is 52.3 Å². The maximum atomic E-state index is 13.6. The van der Waals surface area contributed by atoms with Crippen LogP contribution < -0.4 is 9.47 Å². The third-order valence-electron chi connectivity index (χ3n) is 5.03. The van der Waals surface area contributed by atoms with Gasteiger partial charge in [-0.15, -0.1) is 11.3 Å². The molecule has 0 bridgehead atoms. The standard InChI is InChI=1S/C22H21N3O7S2/c1-3-32-14-5-6-17-15(10-14)13(4-8-19(26)27)12-25(17)34(29,30)20-9-7-18(33-20)16-11-23-22(31-2)24-21(16)28/h5-7,9-12H,3-4,8H2,1-2H3,(H,26,27)(H,23,24,28). The number of hydrogen-bond acceptors (Lipinski definition) is 9. The topological polar surface area (TPSA) is 141 Å². The molecule has 1 aromatic carbocycles. The van der Waals surface area contributed by atoms with Gasteiger partial charge in [-0.2, -0.15) is 13.4 Å². The average Bonchev–Trinajstić information content (AvgIpc) is 3.44. The van der Waals surface area contributed by atoms with Gasteiger partial charge in [0.15, 0.2) is 0 Å². The van der Waals surface area contributed by atoms with Crippen LogP contribution in [0, 0.1) is 0 Å². The van der Waals surface area contributed by atoms with Crippen molar-refractivity contribution < 1.29 is 32.9 Å². The zero-order chi connectivity index (χ0) is 24.5. The van der Waals surface area contributed by atoms with E-state index >= 15 is 0 Å². The van der Waals surface area contributed by atoms with E-state index in [2.05, 4.69) is 9.97 Å². The number of nitrogens with zero attached hydrogens (tertiary/aromatic N) is 3. The number of rotatable bonds is 9. The van der Waals surface area contributed by atoms with Gasteiger partial charge >= 0.3 is 12.0 Å². The lowest BCUT2D eigenvalue weighted by Crippen LogP contribution is -2.10. The number of benzene rings is 1. The number of hydrogen-bond donors (Lipinski definition) is 2. The third kappa shape index (κ3) is 4.41. The minimum absolute atomic E-state index is 0.00947. The number of ether oxygens (including phenoxy) is 2. The minimum atomic E-state index is -4.02. The van der Waals surface area contributed by atoms with E-state index in [1.165, 1.54) is 25.6 Å². The number of aryl methyl sites for hydroxylation is 1. The molecule has 0 saturated carbocycles. The van der Waals surface area contributed by atoms with Gasteiger partial charge in [-0.25, -0.2) is 8.96 Å². The van der Waals surface area contributed by atoms with E-state index in [1.54, 1.807) is 24.3 Å². The molecule has 3 aromatic heterocycles. The van der Waals surface area contributed by atoms with E-state index in [1.807, 2.05) is 6.92 Å². The monoisotopic (exact) mass is 503 g/mol. The molecule has 4 rings (SSSR count). The number of carbonyl (C=O) groups is 1. The van der Waals surface area contributed by atoms with Gasteiger partial charge in [-0.05, 0) is 49.2 Å². The second-order valence-corrected chi connectivity index (χ2v) is 10.3. The summed E-state index contributed by atoms with van der Waals surface area (Å²) in [5, 5.41) is 19.9. The van der Waals surface area contributed by atoms with Crippen LogP contribution >= 0.6 is 11.3 Å². The van der Waals surface area contributed by atoms with Gasteiger partial charge in [0.1, 0.15) is 9.96 Å². The van der Waals surface area contributed by atoms with Gasteiger partial charge in [-0.3, -0.25) is 4.79 Å². The highest BCUT2D eigenvalue weighted by Gasteiger charge is 2.25. The summed E-state index contributed by atoms with van der Waals surface area (Å²) in [7, 11) is -2.65. The molecule has 0 aliphatic carbocycles. The molecule has 0 amide bonds. The summed E-state index contributed by atoms with van der Waals surface area (Å²) in [6.07, 6.45) is 2.83. The molecule has 0 fully saturated rings. The summed E-state index contributed by atoms with van der Waals surface area (Å²) in [4.78, 5) is 19.4. The number of aliphatic carboxylic acids is 1. The number of aromatic nitrogens is 3. The molecule has 0 radical (unpaired) electrons. The fraction of sp³-hybridized carbons (Fsp3) is 0.227. The normalized spacial score (nSPS) is 11.6. The number of aromatic hydroxyl groups is 1. The summed E-state index contributed by atoms with van der Waals surface area (Å²) in [5.74, 6) is -0.743. The highest BCUT2D eigenvalue weighted by molar-refractivity contribution is 7.92. The molecule has 0 unspecified atom stereocenters. The molecule has 0 aliphatic heterocycles. The van der Waals surface area contributed by atoms with Crippen LogP contribution in [0.4, 0.5) is 0 Å². The van der Waals surface area contributed by atoms with Gasteiger partial charge in [0.25, 0.3) is 10.0 Å². The molecule has 10 nitrogen and oxygen atoms in total. The van der Waals surface area contributed by atoms with Crippen LogP contribution in [-0.2, 0) is 21.2 Å². The number of fused-ring (bicyclic) bond motifs is 1. The van der Waals surface area contributed by atoms with Crippen molar-refractivity contribution in [2.45, 2.75) is 24.0 Å². The van der Waals surface area contributed by atoms with Crippen molar-refractivity contribution >= 4 is 38.2 Å².